The summed E-state index contributed by atoms with van der Waals surface area (Å²) in [5, 5.41) is 7.83. The highest BCUT2D eigenvalue weighted by Gasteiger charge is 2.04. The fraction of sp³-hybridized carbons (Fsp3) is 0.304. The van der Waals surface area contributed by atoms with Crippen molar-refractivity contribution in [3.63, 3.8) is 0 Å². The SMILES string of the molecule is CCOc1ccc(/C=N/NC(=O)CCCC(=O)N/N=C/c2ccc(OCC)cc2)cc1. The van der Waals surface area contributed by atoms with Crippen molar-refractivity contribution in [2.45, 2.75) is 33.1 Å². The van der Waals surface area contributed by atoms with Gasteiger partial charge >= 0.3 is 0 Å². The van der Waals surface area contributed by atoms with Gasteiger partial charge in [0.15, 0.2) is 0 Å². The lowest BCUT2D eigenvalue weighted by Gasteiger charge is -2.03. The molecule has 0 atom stereocenters. The number of hydrazone groups is 2. The zero-order chi connectivity index (χ0) is 22.3. The standard InChI is InChI=1S/C23H28N4O4/c1-3-30-20-12-8-18(9-13-20)16-24-26-22(28)6-5-7-23(29)27-25-17-19-10-14-21(15-11-19)31-4-2/h8-17H,3-7H2,1-2H3,(H,26,28)(H,27,29)/b24-16+,25-17+. The first-order valence-corrected chi connectivity index (χ1v) is 10.2. The Balaban J connectivity index is 1.62. The largest absolute Gasteiger partial charge is 0.494 e. The number of ether oxygens (including phenoxy) is 2. The minimum atomic E-state index is -0.257. The molecular formula is C23H28N4O4. The topological polar surface area (TPSA) is 101 Å². The molecule has 2 rings (SSSR count). The van der Waals surface area contributed by atoms with Crippen molar-refractivity contribution in [1.29, 1.82) is 0 Å². The van der Waals surface area contributed by atoms with Gasteiger partial charge in [0.25, 0.3) is 0 Å². The third kappa shape index (κ3) is 9.58. The van der Waals surface area contributed by atoms with Crippen LogP contribution in [0.15, 0.2) is 58.7 Å². The van der Waals surface area contributed by atoms with Crippen molar-refractivity contribution in [2.75, 3.05) is 13.2 Å². The van der Waals surface area contributed by atoms with Gasteiger partial charge in [0.05, 0.1) is 25.6 Å². The number of benzene rings is 2. The maximum Gasteiger partial charge on any atom is 0.240 e. The molecule has 164 valence electrons. The molecule has 0 heterocycles. The Morgan fingerprint density at radius 3 is 1.48 bits per heavy atom. The van der Waals surface area contributed by atoms with E-state index in [4.69, 9.17) is 9.47 Å². The number of rotatable bonds is 12. The van der Waals surface area contributed by atoms with Crippen LogP contribution in [0.25, 0.3) is 0 Å². The van der Waals surface area contributed by atoms with E-state index in [1.165, 1.54) is 0 Å². The summed E-state index contributed by atoms with van der Waals surface area (Å²) in [4.78, 5) is 23.6. The molecule has 0 fully saturated rings. The van der Waals surface area contributed by atoms with Crippen LogP contribution < -0.4 is 20.3 Å². The number of carbonyl (C=O) groups excluding carboxylic acids is 2. The highest BCUT2D eigenvalue weighted by molar-refractivity contribution is 5.84. The molecule has 0 saturated carbocycles. The van der Waals surface area contributed by atoms with Gasteiger partial charge in [0, 0.05) is 12.8 Å². The minimum Gasteiger partial charge on any atom is -0.494 e. The third-order valence-electron chi connectivity index (χ3n) is 4.00. The van der Waals surface area contributed by atoms with Gasteiger partial charge in [0.1, 0.15) is 11.5 Å². The van der Waals surface area contributed by atoms with Gasteiger partial charge in [-0.2, -0.15) is 10.2 Å². The normalized spacial score (nSPS) is 10.9. The van der Waals surface area contributed by atoms with Crippen LogP contribution >= 0.6 is 0 Å². The second-order valence-corrected chi connectivity index (χ2v) is 6.44. The van der Waals surface area contributed by atoms with E-state index in [-0.39, 0.29) is 24.7 Å². The quantitative estimate of drug-likeness (QED) is 0.403. The summed E-state index contributed by atoms with van der Waals surface area (Å²) in [5.74, 6) is 1.05. The van der Waals surface area contributed by atoms with E-state index < -0.39 is 0 Å². The van der Waals surface area contributed by atoms with Crippen molar-refractivity contribution in [3.05, 3.63) is 59.7 Å². The molecular weight excluding hydrogens is 396 g/mol. The van der Waals surface area contributed by atoms with Gasteiger partial charge in [-0.1, -0.05) is 0 Å². The van der Waals surface area contributed by atoms with Gasteiger partial charge in [-0.3, -0.25) is 9.59 Å². The summed E-state index contributed by atoms with van der Waals surface area (Å²) in [5.41, 5.74) is 6.58. The fourth-order valence-corrected chi connectivity index (χ4v) is 2.51. The molecule has 2 aromatic carbocycles. The van der Waals surface area contributed by atoms with Gasteiger partial charge in [0.2, 0.25) is 11.8 Å². The first-order valence-electron chi connectivity index (χ1n) is 10.2. The van der Waals surface area contributed by atoms with Gasteiger partial charge in [-0.15, -0.1) is 0 Å². The van der Waals surface area contributed by atoms with Gasteiger partial charge in [-0.25, -0.2) is 10.9 Å². The Morgan fingerprint density at radius 1 is 0.742 bits per heavy atom. The van der Waals surface area contributed by atoms with Crippen LogP contribution in [0.4, 0.5) is 0 Å². The maximum absolute atomic E-state index is 11.8. The average molecular weight is 425 g/mol. The summed E-state index contributed by atoms with van der Waals surface area (Å²) < 4.78 is 10.7. The molecule has 8 nitrogen and oxygen atoms in total. The van der Waals surface area contributed by atoms with Crippen LogP contribution in [-0.2, 0) is 9.59 Å². The zero-order valence-electron chi connectivity index (χ0n) is 17.8. The minimum absolute atomic E-state index is 0.191. The highest BCUT2D eigenvalue weighted by atomic mass is 16.5. The molecule has 0 bridgehead atoms. The molecule has 31 heavy (non-hydrogen) atoms. The van der Waals surface area contributed by atoms with E-state index in [9.17, 15) is 9.59 Å². The lowest BCUT2D eigenvalue weighted by atomic mass is 10.2. The van der Waals surface area contributed by atoms with E-state index in [1.54, 1.807) is 12.4 Å². The van der Waals surface area contributed by atoms with Crippen LogP contribution in [0, 0.1) is 0 Å². The van der Waals surface area contributed by atoms with E-state index in [2.05, 4.69) is 21.1 Å². The molecule has 2 aromatic rings. The molecule has 0 unspecified atom stereocenters. The number of carbonyl (C=O) groups is 2. The van der Waals surface area contributed by atoms with Crippen LogP contribution in [0.3, 0.4) is 0 Å². The monoisotopic (exact) mass is 424 g/mol. The van der Waals surface area contributed by atoms with Crippen LogP contribution in [0.2, 0.25) is 0 Å². The summed E-state index contributed by atoms with van der Waals surface area (Å²) in [7, 11) is 0. The molecule has 0 aromatic heterocycles. The average Bonchev–Trinajstić information content (AvgIpc) is 2.77. The highest BCUT2D eigenvalue weighted by Crippen LogP contribution is 2.11. The van der Waals surface area contributed by atoms with E-state index in [0.29, 0.717) is 19.6 Å². The predicted octanol–water partition coefficient (Wildman–Crippen LogP) is 3.25. The van der Waals surface area contributed by atoms with Crippen molar-refractivity contribution in [3.8, 4) is 11.5 Å². The Labute approximate surface area is 182 Å². The summed E-state index contributed by atoms with van der Waals surface area (Å²) in [6.45, 7) is 5.06. The second kappa shape index (κ2) is 13.5. The molecule has 0 saturated heterocycles. The Hall–Kier alpha value is -3.68. The Kier molecular flexibility index (Phi) is 10.3. The number of nitrogens with one attached hydrogen (secondary N) is 2. The maximum atomic E-state index is 11.8. The molecule has 0 spiro atoms. The number of hydrogen-bond acceptors (Lipinski definition) is 6. The lowest BCUT2D eigenvalue weighted by molar-refractivity contribution is -0.122. The summed E-state index contributed by atoms with van der Waals surface area (Å²) in [6.07, 6.45) is 3.88. The van der Waals surface area contributed by atoms with Crippen molar-refractivity contribution < 1.29 is 19.1 Å². The summed E-state index contributed by atoms with van der Waals surface area (Å²) in [6, 6.07) is 14.7. The van der Waals surface area contributed by atoms with Gasteiger partial charge < -0.3 is 9.47 Å². The third-order valence-corrected chi connectivity index (χ3v) is 4.00. The first kappa shape index (κ1) is 23.6. The molecule has 0 aliphatic carbocycles. The molecule has 2 amide bonds. The van der Waals surface area contributed by atoms with E-state index in [0.717, 1.165) is 22.6 Å². The number of nitrogens with zero attached hydrogens (tertiary/aromatic N) is 2. The zero-order valence-corrected chi connectivity index (χ0v) is 17.8. The molecule has 0 radical (unpaired) electrons. The first-order chi connectivity index (χ1) is 15.1. The Morgan fingerprint density at radius 2 is 1.13 bits per heavy atom. The second-order valence-electron chi connectivity index (χ2n) is 6.44. The molecule has 8 heteroatoms. The smallest absolute Gasteiger partial charge is 0.240 e. The lowest BCUT2D eigenvalue weighted by Crippen LogP contribution is -2.20. The molecule has 0 aliphatic heterocycles. The van der Waals surface area contributed by atoms with Crippen molar-refractivity contribution >= 4 is 24.2 Å². The van der Waals surface area contributed by atoms with Crippen molar-refractivity contribution in [2.24, 2.45) is 10.2 Å². The van der Waals surface area contributed by atoms with Crippen LogP contribution in [-0.4, -0.2) is 37.5 Å². The fourth-order valence-electron chi connectivity index (χ4n) is 2.51. The van der Waals surface area contributed by atoms with E-state index >= 15 is 0 Å². The molecule has 2 N–H and O–H groups in total. The number of hydrogen-bond donors (Lipinski definition) is 2. The van der Waals surface area contributed by atoms with Crippen LogP contribution in [0.1, 0.15) is 44.2 Å². The Bertz CT molecular complexity index is 804. The predicted molar refractivity (Wildman–Crippen MR) is 121 cm³/mol. The number of amides is 2. The summed E-state index contributed by atoms with van der Waals surface area (Å²) >= 11 is 0. The van der Waals surface area contributed by atoms with Crippen molar-refractivity contribution in [1.82, 2.24) is 10.9 Å². The molecule has 0 aliphatic rings. The van der Waals surface area contributed by atoms with E-state index in [1.807, 2.05) is 62.4 Å². The van der Waals surface area contributed by atoms with Gasteiger partial charge in [-0.05, 0) is 79.9 Å². The van der Waals surface area contributed by atoms with Crippen LogP contribution in [0.5, 0.6) is 11.5 Å².